The third kappa shape index (κ3) is 2.42. The number of rotatable bonds is 2. The van der Waals surface area contributed by atoms with E-state index in [0.29, 0.717) is 12.8 Å². The standard InChI is InChI=1S/C17H17ClF3NO2/c1-15(2)10-5-6-16(8-10,13(15)23)14(24)22-12-7-9(17(19,20)21)3-4-11(12)18/h3-4,7,10H,5-6,8H2,1-2H3,(H,22,24). The number of alkyl halides is 3. The number of hydrogen-bond donors (Lipinski definition) is 1. The molecule has 130 valence electrons. The molecule has 1 aromatic rings. The summed E-state index contributed by atoms with van der Waals surface area (Å²) in [5.41, 5.74) is -2.74. The quantitative estimate of drug-likeness (QED) is 0.778. The first-order chi connectivity index (χ1) is 11.0. The van der Waals surface area contributed by atoms with E-state index < -0.39 is 28.5 Å². The van der Waals surface area contributed by atoms with Crippen LogP contribution in [0.2, 0.25) is 5.02 Å². The number of hydrogen-bond acceptors (Lipinski definition) is 2. The molecule has 0 radical (unpaired) electrons. The van der Waals surface area contributed by atoms with Crippen LogP contribution in [0.15, 0.2) is 18.2 Å². The molecule has 0 aromatic heterocycles. The SMILES string of the molecule is CC1(C)C(=O)C2(C(=O)Nc3cc(C(F)(F)F)ccc3Cl)CCC1C2. The van der Waals surface area contributed by atoms with Gasteiger partial charge in [0.1, 0.15) is 5.41 Å². The molecule has 2 fully saturated rings. The summed E-state index contributed by atoms with van der Waals surface area (Å²) in [5, 5.41) is 2.47. The molecule has 2 aliphatic rings. The minimum absolute atomic E-state index is 0.00648. The van der Waals surface area contributed by atoms with Gasteiger partial charge in [-0.1, -0.05) is 25.4 Å². The van der Waals surface area contributed by atoms with E-state index in [0.717, 1.165) is 24.6 Å². The fourth-order valence-corrected chi connectivity index (χ4v) is 4.18. The second-order valence-electron chi connectivity index (χ2n) is 7.22. The van der Waals surface area contributed by atoms with Crippen molar-refractivity contribution in [1.29, 1.82) is 0 Å². The van der Waals surface area contributed by atoms with Crippen LogP contribution < -0.4 is 5.32 Å². The first kappa shape index (κ1) is 17.3. The second kappa shape index (κ2) is 5.22. The molecule has 0 saturated heterocycles. The largest absolute Gasteiger partial charge is 0.416 e. The number of carbonyl (C=O) groups excluding carboxylic acids is 2. The summed E-state index contributed by atoms with van der Waals surface area (Å²) in [6.45, 7) is 3.65. The second-order valence-corrected chi connectivity index (χ2v) is 7.63. The molecule has 2 saturated carbocycles. The first-order valence-electron chi connectivity index (χ1n) is 7.71. The summed E-state index contributed by atoms with van der Waals surface area (Å²) in [4.78, 5) is 25.4. The number of ketones is 1. The van der Waals surface area contributed by atoms with Gasteiger partial charge < -0.3 is 5.32 Å². The molecule has 1 amide bonds. The molecule has 2 bridgehead atoms. The van der Waals surface area contributed by atoms with Gasteiger partial charge >= 0.3 is 6.18 Å². The summed E-state index contributed by atoms with van der Waals surface area (Å²) < 4.78 is 38.5. The van der Waals surface area contributed by atoms with E-state index in [1.807, 2.05) is 13.8 Å². The number of amides is 1. The highest BCUT2D eigenvalue weighted by Gasteiger charge is 2.65. The molecule has 0 spiro atoms. The lowest BCUT2D eigenvalue weighted by molar-refractivity contribution is -0.143. The van der Waals surface area contributed by atoms with Crippen molar-refractivity contribution in [1.82, 2.24) is 0 Å². The zero-order valence-corrected chi connectivity index (χ0v) is 14.0. The highest BCUT2D eigenvalue weighted by Crippen LogP contribution is 2.60. The molecule has 0 heterocycles. The highest BCUT2D eigenvalue weighted by molar-refractivity contribution is 6.34. The number of fused-ring (bicyclic) bond motifs is 2. The maximum Gasteiger partial charge on any atom is 0.416 e. The summed E-state index contributed by atoms with van der Waals surface area (Å²) in [5.74, 6) is -0.554. The minimum Gasteiger partial charge on any atom is -0.324 e. The Morgan fingerprint density at radius 2 is 2.00 bits per heavy atom. The minimum atomic E-state index is -4.54. The third-order valence-electron chi connectivity index (χ3n) is 5.53. The lowest BCUT2D eigenvalue weighted by Gasteiger charge is -2.32. The van der Waals surface area contributed by atoms with Crippen molar-refractivity contribution >= 4 is 29.0 Å². The van der Waals surface area contributed by atoms with Crippen molar-refractivity contribution in [2.45, 2.75) is 39.3 Å². The highest BCUT2D eigenvalue weighted by atomic mass is 35.5. The zero-order valence-electron chi connectivity index (χ0n) is 13.3. The van der Waals surface area contributed by atoms with E-state index in [2.05, 4.69) is 5.32 Å². The molecule has 2 unspecified atom stereocenters. The van der Waals surface area contributed by atoms with Crippen molar-refractivity contribution in [3.05, 3.63) is 28.8 Å². The Morgan fingerprint density at radius 1 is 1.33 bits per heavy atom. The lowest BCUT2D eigenvalue weighted by Crippen LogP contribution is -2.44. The molecule has 2 atom stereocenters. The van der Waals surface area contributed by atoms with Gasteiger partial charge in [0.05, 0.1) is 16.3 Å². The van der Waals surface area contributed by atoms with Gasteiger partial charge in [-0.3, -0.25) is 9.59 Å². The van der Waals surface area contributed by atoms with Crippen molar-refractivity contribution < 1.29 is 22.8 Å². The van der Waals surface area contributed by atoms with Crippen LogP contribution >= 0.6 is 11.6 Å². The van der Waals surface area contributed by atoms with Gasteiger partial charge in [-0.25, -0.2) is 0 Å². The number of carbonyl (C=O) groups is 2. The van der Waals surface area contributed by atoms with Crippen molar-refractivity contribution in [2.75, 3.05) is 5.32 Å². The average Bonchev–Trinajstić information content (AvgIpc) is 3.00. The van der Waals surface area contributed by atoms with Gasteiger partial charge in [-0.15, -0.1) is 0 Å². The Bertz CT molecular complexity index is 729. The van der Waals surface area contributed by atoms with E-state index in [1.165, 1.54) is 0 Å². The monoisotopic (exact) mass is 359 g/mol. The smallest absolute Gasteiger partial charge is 0.324 e. The van der Waals surface area contributed by atoms with Crippen LogP contribution in [0.25, 0.3) is 0 Å². The number of Topliss-reactive ketones (excluding diaryl/α,β-unsaturated/α-hetero) is 1. The maximum atomic E-state index is 12.8. The van der Waals surface area contributed by atoms with Crippen LogP contribution in [-0.4, -0.2) is 11.7 Å². The van der Waals surface area contributed by atoms with E-state index in [1.54, 1.807) is 0 Å². The summed E-state index contributed by atoms with van der Waals surface area (Å²) in [7, 11) is 0. The van der Waals surface area contributed by atoms with Crippen LogP contribution in [-0.2, 0) is 15.8 Å². The number of halogens is 4. The first-order valence-corrected chi connectivity index (χ1v) is 8.09. The Balaban J connectivity index is 1.90. The molecular weight excluding hydrogens is 343 g/mol. The Morgan fingerprint density at radius 3 is 2.54 bits per heavy atom. The average molecular weight is 360 g/mol. The van der Waals surface area contributed by atoms with Gasteiger partial charge in [0.15, 0.2) is 5.78 Å². The maximum absolute atomic E-state index is 12.8. The Kier molecular flexibility index (Phi) is 3.75. The van der Waals surface area contributed by atoms with Gasteiger partial charge in [-0.2, -0.15) is 13.2 Å². The van der Waals surface area contributed by atoms with Gasteiger partial charge in [-0.05, 0) is 43.4 Å². The topological polar surface area (TPSA) is 46.2 Å². The third-order valence-corrected chi connectivity index (χ3v) is 5.86. The predicted octanol–water partition coefficient (Wildman–Crippen LogP) is 4.69. The van der Waals surface area contributed by atoms with Gasteiger partial charge in [0.25, 0.3) is 0 Å². The summed E-state index contributed by atoms with van der Waals surface area (Å²) >= 11 is 5.92. The van der Waals surface area contributed by atoms with E-state index in [4.69, 9.17) is 11.6 Å². The molecular formula is C17H17ClF3NO2. The Labute approximate surface area is 142 Å². The number of anilines is 1. The van der Waals surface area contributed by atoms with Crippen molar-refractivity contribution in [3.8, 4) is 0 Å². The van der Waals surface area contributed by atoms with Crippen LogP contribution in [0, 0.1) is 16.7 Å². The van der Waals surface area contributed by atoms with Gasteiger partial charge in [0.2, 0.25) is 5.91 Å². The predicted molar refractivity (Wildman–Crippen MR) is 83.6 cm³/mol. The van der Waals surface area contributed by atoms with Crippen LogP contribution in [0.3, 0.4) is 0 Å². The summed E-state index contributed by atoms with van der Waals surface area (Å²) in [6, 6.07) is 2.75. The van der Waals surface area contributed by atoms with E-state index >= 15 is 0 Å². The fraction of sp³-hybridized carbons (Fsp3) is 0.529. The van der Waals surface area contributed by atoms with Crippen LogP contribution in [0.1, 0.15) is 38.7 Å². The van der Waals surface area contributed by atoms with Crippen LogP contribution in [0.5, 0.6) is 0 Å². The molecule has 1 N–H and O–H groups in total. The fourth-order valence-electron chi connectivity index (χ4n) is 4.02. The molecule has 24 heavy (non-hydrogen) atoms. The number of benzene rings is 1. The molecule has 3 nitrogen and oxygen atoms in total. The molecule has 2 aliphatic carbocycles. The lowest BCUT2D eigenvalue weighted by atomic mass is 9.70. The number of nitrogens with one attached hydrogen (secondary N) is 1. The molecule has 3 rings (SSSR count). The van der Waals surface area contributed by atoms with E-state index in [-0.39, 0.29) is 22.4 Å². The van der Waals surface area contributed by atoms with E-state index in [9.17, 15) is 22.8 Å². The molecule has 0 aliphatic heterocycles. The van der Waals surface area contributed by atoms with Gasteiger partial charge in [0, 0.05) is 5.41 Å². The zero-order chi connectivity index (χ0) is 17.9. The Hall–Kier alpha value is -1.56. The van der Waals surface area contributed by atoms with Crippen molar-refractivity contribution in [3.63, 3.8) is 0 Å². The molecule has 1 aromatic carbocycles. The van der Waals surface area contributed by atoms with Crippen molar-refractivity contribution in [2.24, 2.45) is 16.7 Å². The normalized spacial score (nSPS) is 28.2. The van der Waals surface area contributed by atoms with Crippen LogP contribution in [0.4, 0.5) is 18.9 Å². The summed E-state index contributed by atoms with van der Waals surface area (Å²) in [6.07, 6.45) is -2.89. The molecule has 7 heteroatoms.